The molecule has 0 atom stereocenters. The third kappa shape index (κ3) is 4.94. The Morgan fingerprint density at radius 1 is 1.03 bits per heavy atom. The lowest BCUT2D eigenvalue weighted by Crippen LogP contribution is -2.72. The Kier molecular flexibility index (Phi) is 6.59. The zero-order valence-corrected chi connectivity index (χ0v) is 21.8. The van der Waals surface area contributed by atoms with Crippen molar-refractivity contribution in [2.45, 2.75) is 32.6 Å². The van der Waals surface area contributed by atoms with Crippen LogP contribution in [0, 0.1) is 17.2 Å². The van der Waals surface area contributed by atoms with E-state index in [1.165, 1.54) is 44.1 Å². The molecule has 0 bridgehead atoms. The highest BCUT2D eigenvalue weighted by molar-refractivity contribution is 5.85. The van der Waals surface area contributed by atoms with Gasteiger partial charge in [0.1, 0.15) is 17.8 Å². The highest BCUT2D eigenvalue weighted by Crippen LogP contribution is 2.44. The largest absolute Gasteiger partial charge is 0.381 e. The minimum absolute atomic E-state index is 0.247. The van der Waals surface area contributed by atoms with Crippen LogP contribution in [0.1, 0.15) is 38.2 Å². The van der Waals surface area contributed by atoms with Gasteiger partial charge in [-0.2, -0.15) is 0 Å². The molecule has 1 aromatic heterocycles. The highest BCUT2D eigenvalue weighted by atomic mass is 19.1. The number of aromatic nitrogens is 2. The van der Waals surface area contributed by atoms with Crippen molar-refractivity contribution in [3.8, 4) is 11.1 Å². The van der Waals surface area contributed by atoms with E-state index in [0.717, 1.165) is 60.5 Å². The van der Waals surface area contributed by atoms with Crippen LogP contribution < -0.4 is 10.2 Å². The van der Waals surface area contributed by atoms with Gasteiger partial charge >= 0.3 is 0 Å². The van der Waals surface area contributed by atoms with E-state index in [2.05, 4.69) is 51.1 Å². The van der Waals surface area contributed by atoms with Crippen molar-refractivity contribution < 1.29 is 9.13 Å². The third-order valence-corrected chi connectivity index (χ3v) is 8.14. The number of halogens is 1. The zero-order valence-electron chi connectivity index (χ0n) is 21.8. The average Bonchev–Trinajstić information content (AvgIpc) is 2.87. The number of nitrogens with zero attached hydrogens (tertiary/aromatic N) is 4. The van der Waals surface area contributed by atoms with E-state index < -0.39 is 0 Å². The summed E-state index contributed by atoms with van der Waals surface area (Å²) in [7, 11) is 0. The van der Waals surface area contributed by atoms with E-state index in [0.29, 0.717) is 11.3 Å². The molecule has 3 saturated heterocycles. The van der Waals surface area contributed by atoms with Gasteiger partial charge in [0, 0.05) is 62.6 Å². The molecule has 7 heteroatoms. The normalized spacial score (nSPS) is 19.6. The second-order valence-electron chi connectivity index (χ2n) is 11.4. The summed E-state index contributed by atoms with van der Waals surface area (Å²) in [6.07, 6.45) is 5.83. The molecule has 0 radical (unpaired) electrons. The lowest BCUT2D eigenvalue weighted by Gasteiger charge is -2.61. The Bertz CT molecular complexity index is 1240. The lowest BCUT2D eigenvalue weighted by molar-refractivity contribution is -0.0429. The molecule has 3 aromatic rings. The van der Waals surface area contributed by atoms with Crippen molar-refractivity contribution in [3.05, 3.63) is 66.4 Å². The SMILES string of the molecule is CC(C)c1ccccc1-c1cc(F)ccc1Nc1cncnc1N1CC2(CN(CC3CCOCC3)C2)C1. The van der Waals surface area contributed by atoms with Crippen LogP contribution in [-0.2, 0) is 4.74 Å². The number of rotatable bonds is 7. The van der Waals surface area contributed by atoms with Crippen LogP contribution >= 0.6 is 0 Å². The molecule has 37 heavy (non-hydrogen) atoms. The summed E-state index contributed by atoms with van der Waals surface area (Å²) in [6.45, 7) is 11.7. The van der Waals surface area contributed by atoms with E-state index >= 15 is 0 Å². The number of anilines is 3. The number of nitrogens with one attached hydrogen (secondary N) is 1. The van der Waals surface area contributed by atoms with Crippen LogP contribution in [0.3, 0.4) is 0 Å². The van der Waals surface area contributed by atoms with Gasteiger partial charge in [0.15, 0.2) is 5.82 Å². The first-order chi connectivity index (χ1) is 18.0. The molecule has 0 saturated carbocycles. The van der Waals surface area contributed by atoms with Gasteiger partial charge in [-0.15, -0.1) is 0 Å². The fraction of sp³-hybridized carbons (Fsp3) is 0.467. The molecule has 0 unspecified atom stereocenters. The molecular formula is C30H36FN5O. The van der Waals surface area contributed by atoms with Crippen molar-refractivity contribution in [2.75, 3.05) is 56.2 Å². The molecular weight excluding hydrogens is 465 g/mol. The Balaban J connectivity index is 1.17. The molecule has 0 aliphatic carbocycles. The van der Waals surface area contributed by atoms with Crippen LogP contribution in [0.25, 0.3) is 11.1 Å². The first-order valence-electron chi connectivity index (χ1n) is 13.5. The van der Waals surface area contributed by atoms with Gasteiger partial charge in [0.05, 0.1) is 6.20 Å². The van der Waals surface area contributed by atoms with E-state index in [9.17, 15) is 4.39 Å². The first kappa shape index (κ1) is 24.3. The Hall–Kier alpha value is -3.03. The van der Waals surface area contributed by atoms with E-state index in [1.807, 2.05) is 24.4 Å². The summed E-state index contributed by atoms with van der Waals surface area (Å²) in [5.74, 6) is 1.78. The summed E-state index contributed by atoms with van der Waals surface area (Å²) in [6, 6.07) is 13.2. The van der Waals surface area contributed by atoms with Crippen molar-refractivity contribution in [1.82, 2.24) is 14.9 Å². The molecule has 2 aromatic carbocycles. The summed E-state index contributed by atoms with van der Waals surface area (Å²) in [4.78, 5) is 13.9. The predicted molar refractivity (Wildman–Crippen MR) is 146 cm³/mol. The predicted octanol–water partition coefficient (Wildman–Crippen LogP) is 5.70. The van der Waals surface area contributed by atoms with Crippen LogP contribution in [0.15, 0.2) is 55.0 Å². The number of ether oxygens (including phenoxy) is 1. The zero-order chi connectivity index (χ0) is 25.4. The Labute approximate surface area is 218 Å². The standard InChI is InChI=1S/C30H36FN5O/c1-21(2)24-5-3-4-6-25(24)26-13-23(31)7-8-27(26)34-28-14-32-20-33-29(28)36-18-30(19-36)16-35(17-30)15-22-9-11-37-12-10-22/h3-8,13-14,20-22,34H,9-12,15-19H2,1-2H3. The molecule has 3 aliphatic heterocycles. The maximum Gasteiger partial charge on any atom is 0.155 e. The molecule has 6 nitrogen and oxygen atoms in total. The smallest absolute Gasteiger partial charge is 0.155 e. The van der Waals surface area contributed by atoms with E-state index in [-0.39, 0.29) is 5.82 Å². The molecule has 3 aliphatic rings. The fourth-order valence-corrected chi connectivity index (χ4v) is 6.34. The van der Waals surface area contributed by atoms with Gasteiger partial charge in [0.25, 0.3) is 0 Å². The van der Waals surface area contributed by atoms with Gasteiger partial charge in [0.2, 0.25) is 0 Å². The second-order valence-corrected chi connectivity index (χ2v) is 11.4. The number of hydrogen-bond acceptors (Lipinski definition) is 6. The van der Waals surface area contributed by atoms with E-state index in [4.69, 9.17) is 4.74 Å². The first-order valence-corrected chi connectivity index (χ1v) is 13.5. The maximum atomic E-state index is 14.4. The van der Waals surface area contributed by atoms with Crippen LogP contribution in [0.2, 0.25) is 0 Å². The average molecular weight is 502 g/mol. The molecule has 1 N–H and O–H groups in total. The van der Waals surface area contributed by atoms with Gasteiger partial charge in [-0.25, -0.2) is 14.4 Å². The highest BCUT2D eigenvalue weighted by Gasteiger charge is 2.52. The Morgan fingerprint density at radius 2 is 1.81 bits per heavy atom. The number of benzene rings is 2. The third-order valence-electron chi connectivity index (χ3n) is 8.14. The van der Waals surface area contributed by atoms with Crippen molar-refractivity contribution >= 4 is 17.2 Å². The van der Waals surface area contributed by atoms with Gasteiger partial charge < -0.3 is 19.9 Å². The van der Waals surface area contributed by atoms with Crippen LogP contribution in [0.4, 0.5) is 21.6 Å². The van der Waals surface area contributed by atoms with Gasteiger partial charge in [-0.05, 0) is 54.0 Å². The second kappa shape index (κ2) is 10.0. The van der Waals surface area contributed by atoms with Crippen molar-refractivity contribution in [1.29, 1.82) is 0 Å². The minimum Gasteiger partial charge on any atom is -0.381 e. The molecule has 1 spiro atoms. The topological polar surface area (TPSA) is 53.5 Å². The summed E-state index contributed by atoms with van der Waals surface area (Å²) < 4.78 is 19.9. The summed E-state index contributed by atoms with van der Waals surface area (Å²) in [5, 5.41) is 3.55. The summed E-state index contributed by atoms with van der Waals surface area (Å²) in [5.41, 5.74) is 5.17. The summed E-state index contributed by atoms with van der Waals surface area (Å²) >= 11 is 0. The lowest BCUT2D eigenvalue weighted by atomic mass is 9.72. The molecule has 194 valence electrons. The minimum atomic E-state index is -0.247. The molecule has 6 rings (SSSR count). The molecule has 3 fully saturated rings. The number of likely N-dealkylation sites (tertiary alicyclic amines) is 1. The van der Waals surface area contributed by atoms with E-state index in [1.54, 1.807) is 12.4 Å². The fourth-order valence-electron chi connectivity index (χ4n) is 6.34. The van der Waals surface area contributed by atoms with Gasteiger partial charge in [-0.3, -0.25) is 0 Å². The Morgan fingerprint density at radius 3 is 2.59 bits per heavy atom. The number of hydrogen-bond donors (Lipinski definition) is 1. The monoisotopic (exact) mass is 501 g/mol. The van der Waals surface area contributed by atoms with Crippen molar-refractivity contribution in [2.24, 2.45) is 11.3 Å². The molecule has 4 heterocycles. The quantitative estimate of drug-likeness (QED) is 0.448. The van der Waals surface area contributed by atoms with Crippen molar-refractivity contribution in [3.63, 3.8) is 0 Å². The van der Waals surface area contributed by atoms with Crippen LogP contribution in [-0.4, -0.2) is 60.8 Å². The molecule has 0 amide bonds. The maximum absolute atomic E-state index is 14.4. The van der Waals surface area contributed by atoms with Crippen LogP contribution in [0.5, 0.6) is 0 Å². The van der Waals surface area contributed by atoms with Gasteiger partial charge in [-0.1, -0.05) is 38.1 Å².